The number of nitrogens with zero attached hydrogens (tertiary/aromatic N) is 3. The van der Waals surface area contributed by atoms with E-state index in [0.29, 0.717) is 36.0 Å². The maximum atomic E-state index is 12.7. The first-order chi connectivity index (χ1) is 12.5. The lowest BCUT2D eigenvalue weighted by Crippen LogP contribution is -2.25. The van der Waals surface area contributed by atoms with Gasteiger partial charge in [-0.05, 0) is 50.3 Å². The van der Waals surface area contributed by atoms with Crippen LogP contribution >= 0.6 is 0 Å². The number of amides is 1. The van der Waals surface area contributed by atoms with Crippen molar-refractivity contribution in [1.29, 1.82) is 0 Å². The second kappa shape index (κ2) is 6.42. The number of aromatic nitrogens is 2. The van der Waals surface area contributed by atoms with Gasteiger partial charge < -0.3 is 5.32 Å². The Balaban J connectivity index is 1.54. The van der Waals surface area contributed by atoms with Crippen LogP contribution in [-0.2, 0) is 10.0 Å². The predicted octanol–water partition coefficient (Wildman–Crippen LogP) is 2.65. The third-order valence-corrected chi connectivity index (χ3v) is 6.97. The predicted molar refractivity (Wildman–Crippen MR) is 99.8 cm³/mol. The molecule has 1 aromatic carbocycles. The van der Waals surface area contributed by atoms with Crippen molar-refractivity contribution in [2.45, 2.75) is 32.2 Å². The fraction of sp³-hybridized carbons (Fsp3) is 0.444. The van der Waals surface area contributed by atoms with E-state index in [2.05, 4.69) is 17.3 Å². The Morgan fingerprint density at radius 1 is 1.31 bits per heavy atom. The summed E-state index contributed by atoms with van der Waals surface area (Å²) in [6, 6.07) is 8.78. The topological polar surface area (TPSA) is 84.3 Å². The monoisotopic (exact) mass is 374 g/mol. The molecular formula is C18H22N4O3S. The molecule has 138 valence electrons. The Labute approximate surface area is 153 Å². The lowest BCUT2D eigenvalue weighted by molar-refractivity contribution is 0.102. The van der Waals surface area contributed by atoms with Crippen molar-refractivity contribution >= 4 is 27.4 Å². The summed E-state index contributed by atoms with van der Waals surface area (Å²) in [5.41, 5.74) is 0.964. The third-order valence-electron chi connectivity index (χ3n) is 5.10. The van der Waals surface area contributed by atoms with Gasteiger partial charge in [0.1, 0.15) is 5.82 Å². The van der Waals surface area contributed by atoms with Crippen LogP contribution in [0.15, 0.2) is 36.5 Å². The van der Waals surface area contributed by atoms with Gasteiger partial charge in [0.25, 0.3) is 5.91 Å². The Hall–Kier alpha value is -2.35. The largest absolute Gasteiger partial charge is 0.307 e. The molecule has 1 aliphatic heterocycles. The molecule has 0 bridgehead atoms. The number of carbonyl (C=O) groups excluding carboxylic acids is 1. The Morgan fingerprint density at radius 2 is 2.12 bits per heavy atom. The van der Waals surface area contributed by atoms with Crippen LogP contribution in [-0.4, -0.2) is 36.4 Å². The Bertz CT molecular complexity index is 933. The number of nitrogens with one attached hydrogen (secondary N) is 1. The van der Waals surface area contributed by atoms with Gasteiger partial charge >= 0.3 is 0 Å². The van der Waals surface area contributed by atoms with Gasteiger partial charge in [-0.3, -0.25) is 9.10 Å². The van der Waals surface area contributed by atoms with E-state index in [1.807, 2.05) is 4.68 Å². The summed E-state index contributed by atoms with van der Waals surface area (Å²) in [6.45, 7) is 2.57. The van der Waals surface area contributed by atoms with Crippen LogP contribution in [0.3, 0.4) is 0 Å². The molecule has 8 heteroatoms. The molecule has 1 saturated carbocycles. The van der Waals surface area contributed by atoms with E-state index in [0.717, 1.165) is 0 Å². The van der Waals surface area contributed by atoms with E-state index < -0.39 is 10.0 Å². The van der Waals surface area contributed by atoms with E-state index >= 15 is 0 Å². The molecule has 26 heavy (non-hydrogen) atoms. The average Bonchev–Trinajstić information content (AvgIpc) is 3.27. The average molecular weight is 374 g/mol. The summed E-state index contributed by atoms with van der Waals surface area (Å²) in [7, 11) is -3.27. The van der Waals surface area contributed by atoms with Gasteiger partial charge in [0.2, 0.25) is 10.0 Å². The SMILES string of the molecule is CC(C1CC1)n1nccc1NC(=O)c1cccc(N2CCCS2(=O)=O)c1. The van der Waals surface area contributed by atoms with Crippen molar-refractivity contribution in [2.24, 2.45) is 5.92 Å². The number of carbonyl (C=O) groups is 1. The highest BCUT2D eigenvalue weighted by Crippen LogP contribution is 2.40. The summed E-state index contributed by atoms with van der Waals surface area (Å²) in [5.74, 6) is 1.16. The minimum atomic E-state index is -3.27. The molecule has 7 nitrogen and oxygen atoms in total. The lowest BCUT2D eigenvalue weighted by atomic mass is 10.2. The molecule has 0 spiro atoms. The summed E-state index contributed by atoms with van der Waals surface area (Å²) >= 11 is 0. The second-order valence-corrected chi connectivity index (χ2v) is 9.00. The fourth-order valence-electron chi connectivity index (χ4n) is 3.44. The molecule has 2 aliphatic rings. The number of sulfonamides is 1. The van der Waals surface area contributed by atoms with Crippen molar-refractivity contribution in [2.75, 3.05) is 21.9 Å². The minimum Gasteiger partial charge on any atom is -0.307 e. The smallest absolute Gasteiger partial charge is 0.256 e. The minimum absolute atomic E-state index is 0.154. The lowest BCUT2D eigenvalue weighted by Gasteiger charge is -2.18. The second-order valence-electron chi connectivity index (χ2n) is 6.99. The Kier molecular flexibility index (Phi) is 4.22. The van der Waals surface area contributed by atoms with Crippen LogP contribution in [0.2, 0.25) is 0 Å². The zero-order chi connectivity index (χ0) is 18.3. The first-order valence-corrected chi connectivity index (χ1v) is 10.5. The van der Waals surface area contributed by atoms with Crippen LogP contribution in [0.25, 0.3) is 0 Å². The highest BCUT2D eigenvalue weighted by Gasteiger charge is 2.31. The number of anilines is 2. The molecule has 1 N–H and O–H groups in total. The van der Waals surface area contributed by atoms with Crippen molar-refractivity contribution in [3.63, 3.8) is 0 Å². The van der Waals surface area contributed by atoms with Gasteiger partial charge in [-0.25, -0.2) is 13.1 Å². The van der Waals surface area contributed by atoms with E-state index in [4.69, 9.17) is 0 Å². The van der Waals surface area contributed by atoms with E-state index in [-0.39, 0.29) is 17.7 Å². The first-order valence-electron chi connectivity index (χ1n) is 8.91. The molecule has 1 atom stereocenters. The van der Waals surface area contributed by atoms with E-state index in [1.54, 1.807) is 36.5 Å². The molecule has 2 heterocycles. The maximum absolute atomic E-state index is 12.7. The van der Waals surface area contributed by atoms with Crippen LogP contribution < -0.4 is 9.62 Å². The molecule has 1 saturated heterocycles. The zero-order valence-corrected chi connectivity index (χ0v) is 15.4. The molecular weight excluding hydrogens is 352 g/mol. The zero-order valence-electron chi connectivity index (χ0n) is 14.6. The molecule has 4 rings (SSSR count). The van der Waals surface area contributed by atoms with Gasteiger partial charge in [0, 0.05) is 18.2 Å². The van der Waals surface area contributed by atoms with Gasteiger partial charge in [0.15, 0.2) is 0 Å². The van der Waals surface area contributed by atoms with Crippen LogP contribution in [0.1, 0.15) is 42.6 Å². The van der Waals surface area contributed by atoms with Crippen molar-refractivity contribution in [1.82, 2.24) is 9.78 Å². The maximum Gasteiger partial charge on any atom is 0.256 e. The quantitative estimate of drug-likeness (QED) is 0.872. The van der Waals surface area contributed by atoms with Gasteiger partial charge in [0.05, 0.1) is 23.7 Å². The van der Waals surface area contributed by atoms with E-state index in [1.165, 1.54) is 17.1 Å². The number of hydrogen-bond donors (Lipinski definition) is 1. The molecule has 2 fully saturated rings. The number of rotatable bonds is 5. The molecule has 0 radical (unpaired) electrons. The van der Waals surface area contributed by atoms with Gasteiger partial charge in [-0.15, -0.1) is 0 Å². The van der Waals surface area contributed by atoms with Crippen molar-refractivity contribution in [3.05, 3.63) is 42.1 Å². The van der Waals surface area contributed by atoms with Gasteiger partial charge in [-0.1, -0.05) is 6.07 Å². The van der Waals surface area contributed by atoms with Gasteiger partial charge in [-0.2, -0.15) is 5.10 Å². The highest BCUT2D eigenvalue weighted by molar-refractivity contribution is 7.93. The molecule has 2 aromatic rings. The third kappa shape index (κ3) is 3.21. The Morgan fingerprint density at radius 3 is 2.81 bits per heavy atom. The fourth-order valence-corrected chi connectivity index (χ4v) is 4.99. The molecule has 1 unspecified atom stereocenters. The van der Waals surface area contributed by atoms with Crippen molar-refractivity contribution in [3.8, 4) is 0 Å². The van der Waals surface area contributed by atoms with Crippen LogP contribution in [0, 0.1) is 5.92 Å². The van der Waals surface area contributed by atoms with E-state index in [9.17, 15) is 13.2 Å². The first kappa shape index (κ1) is 17.1. The standard InChI is InChI=1S/C18H22N4O3S/c1-13(14-6-7-14)22-17(8-9-19-22)20-18(23)15-4-2-5-16(12-15)21-10-3-11-26(21,24)25/h2,4-5,8-9,12-14H,3,6-7,10-11H2,1H3,(H,20,23). The molecule has 1 aliphatic carbocycles. The normalized spacial score (nSPS) is 20.1. The number of benzene rings is 1. The highest BCUT2D eigenvalue weighted by atomic mass is 32.2. The summed E-state index contributed by atoms with van der Waals surface area (Å²) in [6.07, 6.45) is 4.68. The van der Waals surface area contributed by atoms with Crippen LogP contribution in [0.4, 0.5) is 11.5 Å². The summed E-state index contributed by atoms with van der Waals surface area (Å²) < 4.78 is 27.4. The summed E-state index contributed by atoms with van der Waals surface area (Å²) in [5, 5.41) is 7.24. The number of hydrogen-bond acceptors (Lipinski definition) is 4. The summed E-state index contributed by atoms with van der Waals surface area (Å²) in [4.78, 5) is 12.7. The molecule has 1 aromatic heterocycles. The molecule has 1 amide bonds. The van der Waals surface area contributed by atoms with Crippen LogP contribution in [0.5, 0.6) is 0 Å². The van der Waals surface area contributed by atoms with Crippen molar-refractivity contribution < 1.29 is 13.2 Å².